The summed E-state index contributed by atoms with van der Waals surface area (Å²) in [7, 11) is 4.77. The molecule has 0 radical (unpaired) electrons. The normalized spacial score (nSPS) is 42.2. The third-order valence-electron chi connectivity index (χ3n) is 6.60. The van der Waals surface area contributed by atoms with E-state index in [0.29, 0.717) is 5.41 Å². The van der Waals surface area contributed by atoms with Crippen LogP contribution in [0.15, 0.2) is 11.6 Å². The van der Waals surface area contributed by atoms with Gasteiger partial charge in [0, 0.05) is 12.8 Å². The molecule has 0 spiro atoms. The molecule has 1 heterocycles. The summed E-state index contributed by atoms with van der Waals surface area (Å²) in [5.74, 6) is 1.88. The summed E-state index contributed by atoms with van der Waals surface area (Å²) in [4.78, 5) is 3.50. The first-order valence-corrected chi connectivity index (χ1v) is 8.31. The van der Waals surface area contributed by atoms with Gasteiger partial charge in [-0.1, -0.05) is 19.9 Å². The van der Waals surface area contributed by atoms with Crippen molar-refractivity contribution in [2.45, 2.75) is 45.6 Å². The third-order valence-corrected chi connectivity index (χ3v) is 6.60. The number of likely N-dealkylation sites (tertiary alicyclic amines) is 1. The van der Waals surface area contributed by atoms with Crippen LogP contribution in [0.25, 0.3) is 0 Å². The lowest BCUT2D eigenvalue weighted by Gasteiger charge is -2.56. The van der Waals surface area contributed by atoms with E-state index in [1.54, 1.807) is 15.4 Å². The van der Waals surface area contributed by atoms with Crippen molar-refractivity contribution in [2.75, 3.05) is 33.7 Å². The van der Waals surface area contributed by atoms with Gasteiger partial charge >= 0.3 is 0 Å². The van der Waals surface area contributed by atoms with Crippen LogP contribution in [0, 0.1) is 17.3 Å². The molecular formula is C17H32N2+2. The van der Waals surface area contributed by atoms with Gasteiger partial charge in [-0.3, -0.25) is 0 Å². The molecule has 2 fully saturated rings. The fraction of sp³-hybridized carbons (Fsp3) is 0.882. The van der Waals surface area contributed by atoms with Crippen LogP contribution in [0.2, 0.25) is 0 Å². The molecule has 2 N–H and O–H groups in total. The van der Waals surface area contributed by atoms with Gasteiger partial charge in [-0.15, -0.1) is 0 Å². The monoisotopic (exact) mass is 264 g/mol. The van der Waals surface area contributed by atoms with Gasteiger partial charge in [0.25, 0.3) is 0 Å². The van der Waals surface area contributed by atoms with Crippen LogP contribution in [0.4, 0.5) is 0 Å². The van der Waals surface area contributed by atoms with Gasteiger partial charge in [0.2, 0.25) is 0 Å². The summed E-state index contributed by atoms with van der Waals surface area (Å²) in [6.45, 7) is 9.04. The van der Waals surface area contributed by atoms with Gasteiger partial charge in [0.05, 0.1) is 39.8 Å². The van der Waals surface area contributed by atoms with E-state index in [0.717, 1.165) is 17.9 Å². The highest BCUT2D eigenvalue weighted by Gasteiger charge is 2.51. The van der Waals surface area contributed by atoms with Gasteiger partial charge in [-0.05, 0) is 35.7 Å². The minimum atomic E-state index is 0.599. The Morgan fingerprint density at radius 3 is 2.58 bits per heavy atom. The quantitative estimate of drug-likeness (QED) is 0.673. The van der Waals surface area contributed by atoms with Crippen molar-refractivity contribution in [2.24, 2.45) is 17.3 Å². The predicted octanol–water partition coefficient (Wildman–Crippen LogP) is 0.171. The van der Waals surface area contributed by atoms with Crippen LogP contribution in [-0.4, -0.2) is 39.8 Å². The highest BCUT2D eigenvalue weighted by molar-refractivity contribution is 5.23. The molecule has 2 bridgehead atoms. The van der Waals surface area contributed by atoms with Crippen LogP contribution in [0.1, 0.15) is 39.5 Å². The molecule has 1 unspecified atom stereocenters. The smallest absolute Gasteiger partial charge is 0.0990 e. The highest BCUT2D eigenvalue weighted by Crippen LogP contribution is 2.58. The summed E-state index contributed by atoms with van der Waals surface area (Å²) in [5.41, 5.74) is 2.39. The molecule has 3 atom stereocenters. The zero-order valence-corrected chi connectivity index (χ0v) is 13.3. The van der Waals surface area contributed by atoms with Crippen LogP contribution in [0.3, 0.4) is 0 Å². The van der Waals surface area contributed by atoms with Crippen LogP contribution < -0.4 is 9.80 Å². The topological polar surface area (TPSA) is 8.88 Å². The summed E-state index contributed by atoms with van der Waals surface area (Å²) < 4.78 is 0. The molecule has 4 rings (SSSR count). The second-order valence-electron chi connectivity index (χ2n) is 8.08. The van der Waals surface area contributed by atoms with Crippen molar-refractivity contribution in [3.63, 3.8) is 0 Å². The van der Waals surface area contributed by atoms with E-state index in [4.69, 9.17) is 0 Å². The predicted molar refractivity (Wildman–Crippen MR) is 79.5 cm³/mol. The van der Waals surface area contributed by atoms with E-state index in [9.17, 15) is 0 Å². The molecule has 3 aliphatic carbocycles. The Bertz CT molecular complexity index is 363. The maximum Gasteiger partial charge on any atom is 0.0990 e. The standard InChI is InChI=1S/C17H30N2/c1-17(2)14-6-5-13(16(17)11-14)12-19(4)15-7-9-18(3)10-8-15/h5,14-16H,6-12H2,1-4H3/p+2/t14-,16-/m0/s1. The van der Waals surface area contributed by atoms with Crippen molar-refractivity contribution in [1.82, 2.24) is 0 Å². The minimum absolute atomic E-state index is 0.599. The van der Waals surface area contributed by atoms with E-state index < -0.39 is 0 Å². The van der Waals surface area contributed by atoms with Gasteiger partial charge in [-0.25, -0.2) is 0 Å². The molecular weight excluding hydrogens is 232 g/mol. The zero-order chi connectivity index (χ0) is 13.6. The summed E-state index contributed by atoms with van der Waals surface area (Å²) >= 11 is 0. The number of nitrogens with one attached hydrogen (secondary N) is 2. The largest absolute Gasteiger partial charge is 0.337 e. The molecule has 1 aliphatic heterocycles. The molecule has 0 aromatic carbocycles. The van der Waals surface area contributed by atoms with Gasteiger partial charge < -0.3 is 9.80 Å². The molecule has 0 aromatic rings. The van der Waals surface area contributed by atoms with E-state index >= 15 is 0 Å². The van der Waals surface area contributed by atoms with Gasteiger partial charge in [0.1, 0.15) is 0 Å². The number of fused-ring (bicyclic) bond motifs is 1. The molecule has 0 amide bonds. The van der Waals surface area contributed by atoms with Crippen molar-refractivity contribution in [3.05, 3.63) is 11.6 Å². The Morgan fingerprint density at radius 2 is 2.00 bits per heavy atom. The SMILES string of the molecule is C[NH+]1CCC([NH+](C)CC2=CC[C@H]3C[C@@H]2C3(C)C)CC1. The Labute approximate surface area is 118 Å². The van der Waals surface area contributed by atoms with Crippen molar-refractivity contribution in [3.8, 4) is 0 Å². The van der Waals surface area contributed by atoms with E-state index in [1.165, 1.54) is 45.3 Å². The average Bonchev–Trinajstić information content (AvgIpc) is 2.39. The Kier molecular flexibility index (Phi) is 3.51. The first-order valence-electron chi connectivity index (χ1n) is 8.31. The maximum absolute atomic E-state index is 2.59. The minimum Gasteiger partial charge on any atom is -0.337 e. The first-order chi connectivity index (χ1) is 8.98. The number of likely N-dealkylation sites (N-methyl/N-ethyl adjacent to an activating group) is 1. The van der Waals surface area contributed by atoms with Gasteiger partial charge in [-0.2, -0.15) is 0 Å². The Morgan fingerprint density at radius 1 is 1.32 bits per heavy atom. The second kappa shape index (κ2) is 4.89. The number of allylic oxidation sites excluding steroid dienone is 1. The number of hydrogen-bond acceptors (Lipinski definition) is 0. The van der Waals surface area contributed by atoms with Crippen LogP contribution in [-0.2, 0) is 0 Å². The molecule has 2 heteroatoms. The number of rotatable bonds is 3. The molecule has 19 heavy (non-hydrogen) atoms. The maximum atomic E-state index is 2.59. The number of quaternary nitrogens is 2. The van der Waals surface area contributed by atoms with Crippen LogP contribution >= 0.6 is 0 Å². The van der Waals surface area contributed by atoms with Gasteiger partial charge in [0.15, 0.2) is 0 Å². The zero-order valence-electron chi connectivity index (χ0n) is 13.3. The van der Waals surface area contributed by atoms with E-state index in [1.807, 2.05) is 0 Å². The van der Waals surface area contributed by atoms with E-state index in [-0.39, 0.29) is 0 Å². The summed E-state index contributed by atoms with van der Waals surface area (Å²) in [6.07, 6.45) is 8.25. The second-order valence-corrected chi connectivity index (χ2v) is 8.08. The van der Waals surface area contributed by atoms with Crippen LogP contribution in [0.5, 0.6) is 0 Å². The molecule has 0 aromatic heterocycles. The number of hydrogen-bond donors (Lipinski definition) is 2. The Balaban J connectivity index is 1.58. The summed E-state index contributed by atoms with van der Waals surface area (Å²) in [5, 5.41) is 0. The molecule has 2 nitrogen and oxygen atoms in total. The average molecular weight is 264 g/mol. The molecule has 1 saturated heterocycles. The molecule has 108 valence electrons. The summed E-state index contributed by atoms with van der Waals surface area (Å²) in [6, 6.07) is 0.908. The lowest BCUT2D eigenvalue weighted by molar-refractivity contribution is -0.937. The molecule has 4 aliphatic rings. The highest BCUT2D eigenvalue weighted by atomic mass is 15.2. The molecule has 1 saturated carbocycles. The van der Waals surface area contributed by atoms with Crippen molar-refractivity contribution in [1.29, 1.82) is 0 Å². The Hall–Kier alpha value is -0.340. The lowest BCUT2D eigenvalue weighted by atomic mass is 9.49. The van der Waals surface area contributed by atoms with Crippen molar-refractivity contribution >= 4 is 0 Å². The third kappa shape index (κ3) is 2.38. The lowest BCUT2D eigenvalue weighted by Crippen LogP contribution is -3.18. The van der Waals surface area contributed by atoms with Crippen molar-refractivity contribution < 1.29 is 9.80 Å². The van der Waals surface area contributed by atoms with E-state index in [2.05, 4.69) is 34.0 Å². The fourth-order valence-electron chi connectivity index (χ4n) is 4.75. The number of piperidine rings is 1. The first kappa shape index (κ1) is 13.6. The fourth-order valence-corrected chi connectivity index (χ4v) is 4.75.